The smallest absolute Gasteiger partial charge is 0.247 e. The fourth-order valence-electron chi connectivity index (χ4n) is 3.88. The number of pyridine rings is 1. The summed E-state index contributed by atoms with van der Waals surface area (Å²) in [6, 6.07) is 19.4. The van der Waals surface area contributed by atoms with E-state index < -0.39 is 0 Å². The highest BCUT2D eigenvalue weighted by Crippen LogP contribution is 2.41. The largest absolute Gasteiger partial charge is 0.338 e. The van der Waals surface area contributed by atoms with E-state index in [1.807, 2.05) is 43.3 Å². The van der Waals surface area contributed by atoms with Gasteiger partial charge in [-0.25, -0.2) is 0 Å². The Balaban J connectivity index is 1.73. The summed E-state index contributed by atoms with van der Waals surface area (Å²) < 4.78 is 2.21. The number of hydrogen-bond donors (Lipinski definition) is 1. The van der Waals surface area contributed by atoms with Gasteiger partial charge in [0.25, 0.3) is 0 Å². The highest BCUT2D eigenvalue weighted by Gasteiger charge is 2.29. The van der Waals surface area contributed by atoms with Gasteiger partial charge in [0.1, 0.15) is 5.82 Å². The van der Waals surface area contributed by atoms with Crippen LogP contribution in [0, 0.1) is 18.3 Å². The summed E-state index contributed by atoms with van der Waals surface area (Å²) in [4.78, 5) is 16.5. The molecule has 0 saturated heterocycles. The van der Waals surface area contributed by atoms with Crippen LogP contribution in [0.4, 0.5) is 11.4 Å². The fourth-order valence-corrected chi connectivity index (χ4v) is 4.68. The summed E-state index contributed by atoms with van der Waals surface area (Å²) in [6.45, 7) is 2.66. The maximum absolute atomic E-state index is 11.5. The number of aromatic nitrogens is 4. The highest BCUT2D eigenvalue weighted by atomic mass is 127. The minimum absolute atomic E-state index is 0.110. The van der Waals surface area contributed by atoms with Crippen molar-refractivity contribution < 1.29 is 0 Å². The Labute approximate surface area is 192 Å². The van der Waals surface area contributed by atoms with E-state index in [1.54, 1.807) is 6.20 Å². The summed E-state index contributed by atoms with van der Waals surface area (Å²) in [5, 5.41) is 17.9. The van der Waals surface area contributed by atoms with Crippen LogP contribution in [0.2, 0.25) is 0 Å². The zero-order chi connectivity index (χ0) is 21.5. The van der Waals surface area contributed by atoms with Gasteiger partial charge in [0.15, 0.2) is 5.82 Å². The van der Waals surface area contributed by atoms with Crippen molar-refractivity contribution in [2.24, 2.45) is 0 Å². The first kappa shape index (κ1) is 19.5. The second-order valence-electron chi connectivity index (χ2n) is 7.32. The molecule has 8 heteroatoms. The van der Waals surface area contributed by atoms with E-state index in [2.05, 4.69) is 65.4 Å². The number of anilines is 2. The maximum atomic E-state index is 11.5. The SMILES string of the molecule is Cc1nnc2n1-c1ccc(-c3ccc(=O)[nH]c3)cc1N(c1ccc(C#N)cc1)C[C@H]2I. The molecule has 0 amide bonds. The number of aromatic amines is 1. The molecule has 7 nitrogen and oxygen atoms in total. The van der Waals surface area contributed by atoms with Crippen LogP contribution in [-0.4, -0.2) is 26.3 Å². The summed E-state index contributed by atoms with van der Waals surface area (Å²) in [6.07, 6.45) is 1.73. The van der Waals surface area contributed by atoms with E-state index in [9.17, 15) is 10.1 Å². The molecule has 2 aromatic carbocycles. The fraction of sp³-hybridized carbons (Fsp3) is 0.130. The molecule has 1 aliphatic heterocycles. The van der Waals surface area contributed by atoms with Gasteiger partial charge in [0.05, 0.1) is 26.9 Å². The lowest BCUT2D eigenvalue weighted by molar-refractivity contribution is 0.842. The van der Waals surface area contributed by atoms with Crippen LogP contribution in [0.5, 0.6) is 0 Å². The number of aryl methyl sites for hydroxylation is 1. The van der Waals surface area contributed by atoms with Crippen LogP contribution >= 0.6 is 22.6 Å². The van der Waals surface area contributed by atoms with E-state index in [4.69, 9.17) is 0 Å². The lowest BCUT2D eigenvalue weighted by Gasteiger charge is -2.26. The Morgan fingerprint density at radius 3 is 2.55 bits per heavy atom. The summed E-state index contributed by atoms with van der Waals surface area (Å²) in [5.41, 5.74) is 5.42. The van der Waals surface area contributed by atoms with Gasteiger partial charge in [-0.1, -0.05) is 28.7 Å². The Bertz CT molecular complexity index is 1360. The van der Waals surface area contributed by atoms with Crippen LogP contribution < -0.4 is 10.5 Å². The number of nitrogens with one attached hydrogen (secondary N) is 1. The molecule has 1 aliphatic rings. The Hall–Kier alpha value is -3.45. The van der Waals surface area contributed by atoms with Crippen molar-refractivity contribution in [3.05, 3.63) is 88.4 Å². The highest BCUT2D eigenvalue weighted by molar-refractivity contribution is 14.1. The van der Waals surface area contributed by atoms with Crippen LogP contribution in [0.1, 0.15) is 21.1 Å². The quantitative estimate of drug-likeness (QED) is 0.312. The van der Waals surface area contributed by atoms with Gasteiger partial charge >= 0.3 is 0 Å². The number of hydrogen-bond acceptors (Lipinski definition) is 5. The molecule has 0 bridgehead atoms. The van der Waals surface area contributed by atoms with Gasteiger partial charge < -0.3 is 9.88 Å². The third-order valence-corrected chi connectivity index (χ3v) is 6.36. The molecule has 0 unspecified atom stereocenters. The molecular formula is C23H17IN6O. The molecule has 4 aromatic rings. The minimum atomic E-state index is -0.129. The van der Waals surface area contributed by atoms with Gasteiger partial charge in [-0.05, 0) is 60.5 Å². The van der Waals surface area contributed by atoms with E-state index in [-0.39, 0.29) is 9.48 Å². The number of halogens is 1. The molecule has 2 aromatic heterocycles. The van der Waals surface area contributed by atoms with Crippen LogP contribution in [-0.2, 0) is 0 Å². The second-order valence-corrected chi connectivity index (χ2v) is 8.83. The lowest BCUT2D eigenvalue weighted by atomic mass is 10.0. The third-order valence-electron chi connectivity index (χ3n) is 5.41. The Kier molecular flexibility index (Phi) is 4.82. The van der Waals surface area contributed by atoms with E-state index in [1.165, 1.54) is 6.07 Å². The number of nitrogens with zero attached hydrogens (tertiary/aromatic N) is 5. The van der Waals surface area contributed by atoms with Gasteiger partial charge in [-0.15, -0.1) is 10.2 Å². The van der Waals surface area contributed by atoms with Crippen LogP contribution in [0.15, 0.2) is 65.6 Å². The van der Waals surface area contributed by atoms with Crippen LogP contribution in [0.3, 0.4) is 0 Å². The summed E-state index contributed by atoms with van der Waals surface area (Å²) >= 11 is 2.41. The molecule has 152 valence electrons. The van der Waals surface area contributed by atoms with Crippen molar-refractivity contribution in [1.82, 2.24) is 19.7 Å². The Morgan fingerprint density at radius 1 is 1.06 bits per heavy atom. The van der Waals surface area contributed by atoms with Crippen molar-refractivity contribution in [3.63, 3.8) is 0 Å². The zero-order valence-electron chi connectivity index (χ0n) is 16.6. The average molecular weight is 520 g/mol. The monoisotopic (exact) mass is 520 g/mol. The molecule has 0 saturated carbocycles. The van der Waals surface area contributed by atoms with Gasteiger partial charge in [-0.3, -0.25) is 9.36 Å². The first-order valence-electron chi connectivity index (χ1n) is 9.72. The molecule has 31 heavy (non-hydrogen) atoms. The maximum Gasteiger partial charge on any atom is 0.247 e. The van der Waals surface area contributed by atoms with Crippen molar-refractivity contribution >= 4 is 34.0 Å². The number of nitriles is 1. The summed E-state index contributed by atoms with van der Waals surface area (Å²) in [7, 11) is 0. The normalized spacial score (nSPS) is 15.0. The molecule has 1 atom stereocenters. The number of H-pyrrole nitrogens is 1. The van der Waals surface area contributed by atoms with Gasteiger partial charge in [0.2, 0.25) is 5.56 Å². The molecular weight excluding hydrogens is 503 g/mol. The zero-order valence-corrected chi connectivity index (χ0v) is 18.7. The van der Waals surface area contributed by atoms with Crippen molar-refractivity contribution in [3.8, 4) is 22.9 Å². The van der Waals surface area contributed by atoms with Gasteiger partial charge in [0, 0.05) is 24.5 Å². The lowest BCUT2D eigenvalue weighted by Crippen LogP contribution is -2.21. The Morgan fingerprint density at radius 2 is 1.84 bits per heavy atom. The van der Waals surface area contributed by atoms with E-state index in [0.717, 1.165) is 39.8 Å². The molecule has 1 N–H and O–H groups in total. The number of alkyl halides is 1. The topological polar surface area (TPSA) is 90.6 Å². The van der Waals surface area contributed by atoms with E-state index in [0.29, 0.717) is 12.1 Å². The van der Waals surface area contributed by atoms with E-state index >= 15 is 0 Å². The molecule has 0 radical (unpaired) electrons. The standard InChI is InChI=1S/C23H17IN6O/c1-14-27-28-23-19(24)13-29(18-6-2-15(11-25)3-7-18)21-10-16(4-8-20(21)30(14)23)17-5-9-22(31)26-12-17/h2-10,12,19H,13H2,1H3,(H,26,31)/t19-/m1/s1. The van der Waals surface area contributed by atoms with Crippen molar-refractivity contribution in [2.75, 3.05) is 11.4 Å². The summed E-state index contributed by atoms with van der Waals surface area (Å²) in [5.74, 6) is 1.74. The number of rotatable bonds is 2. The molecule has 0 fully saturated rings. The molecule has 0 aliphatic carbocycles. The minimum Gasteiger partial charge on any atom is -0.338 e. The molecule has 3 heterocycles. The third kappa shape index (κ3) is 3.41. The predicted octanol–water partition coefficient (Wildman–Crippen LogP) is 4.43. The average Bonchev–Trinajstić information content (AvgIpc) is 3.13. The molecule has 5 rings (SSSR count). The number of benzene rings is 2. The van der Waals surface area contributed by atoms with Crippen molar-refractivity contribution in [1.29, 1.82) is 5.26 Å². The second kappa shape index (κ2) is 7.67. The van der Waals surface area contributed by atoms with Crippen molar-refractivity contribution in [2.45, 2.75) is 10.8 Å². The van der Waals surface area contributed by atoms with Crippen LogP contribution in [0.25, 0.3) is 16.8 Å². The molecule has 0 spiro atoms. The number of fused-ring (bicyclic) bond motifs is 3. The van der Waals surface area contributed by atoms with Gasteiger partial charge in [-0.2, -0.15) is 5.26 Å². The first-order chi connectivity index (χ1) is 15.0. The first-order valence-corrected chi connectivity index (χ1v) is 11.0. The predicted molar refractivity (Wildman–Crippen MR) is 127 cm³/mol.